The van der Waals surface area contributed by atoms with Gasteiger partial charge in [0.15, 0.2) is 0 Å². The molecule has 2 rings (SSSR count). The van der Waals surface area contributed by atoms with Crippen molar-refractivity contribution in [1.29, 1.82) is 0 Å². The Balaban J connectivity index is 2.34. The van der Waals surface area contributed by atoms with E-state index in [1.807, 2.05) is 13.1 Å². The molecular weight excluding hydrogens is 368 g/mol. The van der Waals surface area contributed by atoms with E-state index >= 15 is 0 Å². The number of hydrogen-bond acceptors (Lipinski definition) is 3. The van der Waals surface area contributed by atoms with Crippen LogP contribution in [0.1, 0.15) is 30.4 Å². The lowest BCUT2D eigenvalue weighted by atomic mass is 10.1. The first-order valence-electron chi connectivity index (χ1n) is 6.61. The van der Waals surface area contributed by atoms with Crippen LogP contribution in [0.3, 0.4) is 0 Å². The van der Waals surface area contributed by atoms with Crippen molar-refractivity contribution in [3.63, 3.8) is 0 Å². The van der Waals surface area contributed by atoms with Gasteiger partial charge in [0.2, 0.25) is 0 Å². The Morgan fingerprint density at radius 1 is 1.30 bits per heavy atom. The number of nitrogens with zero attached hydrogens (tertiary/aromatic N) is 2. The Labute approximate surface area is 132 Å². The molecule has 0 unspecified atom stereocenters. The second-order valence-corrected chi connectivity index (χ2v) is 5.63. The van der Waals surface area contributed by atoms with Gasteiger partial charge in [0.25, 0.3) is 0 Å². The maximum absolute atomic E-state index is 13.2. The lowest BCUT2D eigenvalue weighted by Crippen LogP contribution is -2.08. The van der Waals surface area contributed by atoms with Crippen LogP contribution in [0.2, 0.25) is 0 Å². The largest absolute Gasteiger partial charge is 0.372 e. The monoisotopic (exact) mass is 385 g/mol. The first kappa shape index (κ1) is 15.2. The predicted molar refractivity (Wildman–Crippen MR) is 87.5 cm³/mol. The Kier molecular flexibility index (Phi) is 5.28. The highest BCUT2D eigenvalue weighted by atomic mass is 127. The normalized spacial score (nSPS) is 10.6. The van der Waals surface area contributed by atoms with E-state index < -0.39 is 0 Å². The van der Waals surface area contributed by atoms with E-state index in [0.29, 0.717) is 6.42 Å². The van der Waals surface area contributed by atoms with Gasteiger partial charge in [-0.1, -0.05) is 25.5 Å². The highest BCUT2D eigenvalue weighted by Crippen LogP contribution is 2.21. The van der Waals surface area contributed by atoms with E-state index in [1.165, 1.54) is 12.1 Å². The third kappa shape index (κ3) is 3.65. The molecule has 0 atom stereocenters. The van der Waals surface area contributed by atoms with Crippen LogP contribution in [0.5, 0.6) is 0 Å². The van der Waals surface area contributed by atoms with Crippen LogP contribution in [0.25, 0.3) is 0 Å². The molecule has 0 aliphatic rings. The SMILES string of the molecule is CCCc1nc(Cc2cccc(F)c2)nc(NC)c1I. The molecule has 0 aliphatic heterocycles. The number of benzene rings is 1. The van der Waals surface area contributed by atoms with Crippen molar-refractivity contribution in [1.82, 2.24) is 9.97 Å². The maximum Gasteiger partial charge on any atom is 0.143 e. The van der Waals surface area contributed by atoms with E-state index in [2.05, 4.69) is 44.8 Å². The number of rotatable bonds is 5. The van der Waals surface area contributed by atoms with Crippen LogP contribution in [-0.4, -0.2) is 17.0 Å². The third-order valence-electron chi connectivity index (χ3n) is 2.94. The zero-order valence-corrected chi connectivity index (χ0v) is 13.7. The molecule has 1 N–H and O–H groups in total. The van der Waals surface area contributed by atoms with Crippen LogP contribution >= 0.6 is 22.6 Å². The molecule has 3 nitrogen and oxygen atoms in total. The van der Waals surface area contributed by atoms with Gasteiger partial charge in [-0.3, -0.25) is 0 Å². The highest BCUT2D eigenvalue weighted by molar-refractivity contribution is 14.1. The zero-order valence-electron chi connectivity index (χ0n) is 11.6. The Bertz CT molecular complexity index is 602. The number of hydrogen-bond donors (Lipinski definition) is 1. The average Bonchev–Trinajstić information content (AvgIpc) is 2.42. The van der Waals surface area contributed by atoms with E-state index in [1.54, 1.807) is 6.07 Å². The molecule has 20 heavy (non-hydrogen) atoms. The quantitative estimate of drug-likeness (QED) is 0.796. The summed E-state index contributed by atoms with van der Waals surface area (Å²) in [6.07, 6.45) is 2.50. The van der Waals surface area contributed by atoms with Gasteiger partial charge in [0.05, 0.1) is 9.26 Å². The van der Waals surface area contributed by atoms with E-state index in [-0.39, 0.29) is 5.82 Å². The maximum atomic E-state index is 13.2. The van der Waals surface area contributed by atoms with Crippen molar-refractivity contribution >= 4 is 28.4 Å². The summed E-state index contributed by atoms with van der Waals surface area (Å²) < 4.78 is 14.3. The minimum absolute atomic E-state index is 0.226. The first-order valence-corrected chi connectivity index (χ1v) is 7.69. The summed E-state index contributed by atoms with van der Waals surface area (Å²) in [5.74, 6) is 1.34. The highest BCUT2D eigenvalue weighted by Gasteiger charge is 2.11. The molecule has 0 saturated carbocycles. The summed E-state index contributed by atoms with van der Waals surface area (Å²) in [6, 6.07) is 6.58. The van der Waals surface area contributed by atoms with Gasteiger partial charge in [-0.15, -0.1) is 0 Å². The number of halogens is 2. The van der Waals surface area contributed by atoms with Crippen molar-refractivity contribution in [3.05, 3.63) is 50.7 Å². The topological polar surface area (TPSA) is 37.8 Å². The molecule has 106 valence electrons. The molecule has 0 bridgehead atoms. The van der Waals surface area contributed by atoms with Crippen LogP contribution in [0, 0.1) is 9.39 Å². The summed E-state index contributed by atoms with van der Waals surface area (Å²) in [4.78, 5) is 9.12. The number of aryl methyl sites for hydroxylation is 1. The van der Waals surface area contributed by atoms with Crippen LogP contribution in [0.4, 0.5) is 10.2 Å². The van der Waals surface area contributed by atoms with Crippen molar-refractivity contribution in [2.24, 2.45) is 0 Å². The van der Waals surface area contributed by atoms with E-state index in [0.717, 1.165) is 39.3 Å². The lowest BCUT2D eigenvalue weighted by molar-refractivity contribution is 0.625. The Morgan fingerprint density at radius 2 is 2.10 bits per heavy atom. The zero-order chi connectivity index (χ0) is 14.5. The third-order valence-corrected chi connectivity index (χ3v) is 4.07. The van der Waals surface area contributed by atoms with Gasteiger partial charge in [0.1, 0.15) is 17.5 Å². The summed E-state index contributed by atoms with van der Waals surface area (Å²) in [5.41, 5.74) is 1.94. The first-order chi connectivity index (χ1) is 9.63. The fourth-order valence-electron chi connectivity index (χ4n) is 2.02. The van der Waals surface area contributed by atoms with E-state index in [9.17, 15) is 4.39 Å². The molecule has 1 aromatic carbocycles. The molecule has 0 aliphatic carbocycles. The van der Waals surface area contributed by atoms with Crippen molar-refractivity contribution in [3.8, 4) is 0 Å². The molecule has 0 radical (unpaired) electrons. The molecule has 2 aromatic rings. The standard InChI is InChI=1S/C15H17FIN3/c1-3-5-12-14(17)15(18-2)20-13(19-12)9-10-6-4-7-11(16)8-10/h4,6-8H,3,5,9H2,1-2H3,(H,18,19,20). The average molecular weight is 385 g/mol. The van der Waals surface area contributed by atoms with Gasteiger partial charge in [0, 0.05) is 13.5 Å². The predicted octanol–water partition coefficient (Wildman–Crippen LogP) is 3.81. The van der Waals surface area contributed by atoms with Crippen LogP contribution in [0.15, 0.2) is 24.3 Å². The van der Waals surface area contributed by atoms with E-state index in [4.69, 9.17) is 0 Å². The fourth-order valence-corrected chi connectivity index (χ4v) is 2.80. The van der Waals surface area contributed by atoms with Gasteiger partial charge in [-0.05, 0) is 46.7 Å². The number of nitrogens with one attached hydrogen (secondary N) is 1. The number of anilines is 1. The summed E-state index contributed by atoms with van der Waals surface area (Å²) >= 11 is 2.27. The lowest BCUT2D eigenvalue weighted by Gasteiger charge is -2.11. The van der Waals surface area contributed by atoms with Crippen LogP contribution < -0.4 is 5.32 Å². The molecular formula is C15H17FIN3. The van der Waals surface area contributed by atoms with Gasteiger partial charge >= 0.3 is 0 Å². The molecule has 0 amide bonds. The summed E-state index contributed by atoms with van der Waals surface area (Å²) in [6.45, 7) is 2.13. The van der Waals surface area contributed by atoms with Crippen molar-refractivity contribution in [2.45, 2.75) is 26.2 Å². The van der Waals surface area contributed by atoms with Crippen molar-refractivity contribution < 1.29 is 4.39 Å². The Morgan fingerprint density at radius 3 is 2.75 bits per heavy atom. The van der Waals surface area contributed by atoms with Crippen LogP contribution in [-0.2, 0) is 12.8 Å². The summed E-state index contributed by atoms with van der Waals surface area (Å²) in [7, 11) is 1.85. The molecule has 1 heterocycles. The minimum Gasteiger partial charge on any atom is -0.372 e. The fraction of sp³-hybridized carbons (Fsp3) is 0.333. The summed E-state index contributed by atoms with van der Waals surface area (Å²) in [5, 5.41) is 3.10. The second-order valence-electron chi connectivity index (χ2n) is 4.56. The Hall–Kier alpha value is -1.24. The van der Waals surface area contributed by atoms with Gasteiger partial charge in [-0.25, -0.2) is 14.4 Å². The number of aromatic nitrogens is 2. The van der Waals surface area contributed by atoms with Gasteiger partial charge in [-0.2, -0.15) is 0 Å². The van der Waals surface area contributed by atoms with Gasteiger partial charge < -0.3 is 5.32 Å². The second kappa shape index (κ2) is 6.97. The molecule has 0 saturated heterocycles. The smallest absolute Gasteiger partial charge is 0.143 e. The molecule has 5 heteroatoms. The molecule has 0 fully saturated rings. The molecule has 1 aromatic heterocycles. The minimum atomic E-state index is -0.226. The molecule has 0 spiro atoms. The van der Waals surface area contributed by atoms with Crippen molar-refractivity contribution in [2.75, 3.05) is 12.4 Å².